The predicted octanol–water partition coefficient (Wildman–Crippen LogP) is 1.85. The van der Waals surface area contributed by atoms with E-state index in [1.807, 2.05) is 0 Å². The summed E-state index contributed by atoms with van der Waals surface area (Å²) in [6, 6.07) is 4.06. The Bertz CT molecular complexity index is 312. The Morgan fingerprint density at radius 1 is 1.67 bits per heavy atom. The van der Waals surface area contributed by atoms with Crippen LogP contribution >= 0.6 is 11.6 Å². The SMILES string of the molecule is Cc1c(Cl)[c-]c(C#N)nc1F.[Y]. The summed E-state index contributed by atoms with van der Waals surface area (Å²) in [6.45, 7) is 1.47. The quantitative estimate of drug-likeness (QED) is 0.526. The van der Waals surface area contributed by atoms with E-state index in [-0.39, 0.29) is 49.0 Å². The van der Waals surface area contributed by atoms with Crippen molar-refractivity contribution < 1.29 is 37.1 Å². The largest absolute Gasteiger partial charge is 0.282 e. The molecule has 1 radical (unpaired) electrons. The van der Waals surface area contributed by atoms with E-state index in [1.165, 1.54) is 6.92 Å². The third-order valence-electron chi connectivity index (χ3n) is 1.18. The van der Waals surface area contributed by atoms with Crippen molar-refractivity contribution in [1.29, 1.82) is 5.26 Å². The van der Waals surface area contributed by atoms with Crippen LogP contribution in [0.2, 0.25) is 5.02 Å². The van der Waals surface area contributed by atoms with Crippen molar-refractivity contribution in [2.75, 3.05) is 0 Å². The molecule has 59 valence electrons. The maximum absolute atomic E-state index is 12.7. The van der Waals surface area contributed by atoms with Crippen molar-refractivity contribution in [2.24, 2.45) is 0 Å². The van der Waals surface area contributed by atoms with Crippen molar-refractivity contribution >= 4 is 11.6 Å². The molecule has 2 nitrogen and oxygen atoms in total. The van der Waals surface area contributed by atoms with Gasteiger partial charge in [0.1, 0.15) is 0 Å². The average Bonchev–Trinajstić information content (AvgIpc) is 1.99. The minimum absolute atomic E-state index is 0. The predicted molar refractivity (Wildman–Crippen MR) is 37.5 cm³/mol. The number of aromatic nitrogens is 1. The number of nitriles is 1. The second kappa shape index (κ2) is 4.86. The van der Waals surface area contributed by atoms with E-state index in [1.54, 1.807) is 6.07 Å². The zero-order chi connectivity index (χ0) is 8.43. The molecule has 0 saturated carbocycles. The van der Waals surface area contributed by atoms with E-state index in [4.69, 9.17) is 16.9 Å². The summed E-state index contributed by atoms with van der Waals surface area (Å²) in [5.74, 6) is -0.717. The molecule has 5 heteroatoms. The van der Waals surface area contributed by atoms with Gasteiger partial charge in [0.25, 0.3) is 0 Å². The normalized spacial score (nSPS) is 8.50. The van der Waals surface area contributed by atoms with Crippen LogP contribution in [0, 0.1) is 30.3 Å². The first-order valence-corrected chi connectivity index (χ1v) is 3.18. The molecule has 1 rings (SSSR count). The van der Waals surface area contributed by atoms with Crippen LogP contribution in [0.3, 0.4) is 0 Å². The Balaban J connectivity index is 0.00000121. The minimum atomic E-state index is -0.717. The van der Waals surface area contributed by atoms with Crippen LogP contribution in [0.25, 0.3) is 0 Å². The van der Waals surface area contributed by atoms with Crippen molar-refractivity contribution in [3.05, 3.63) is 28.3 Å². The summed E-state index contributed by atoms with van der Waals surface area (Å²) in [4.78, 5) is 3.28. The van der Waals surface area contributed by atoms with Gasteiger partial charge in [-0.25, -0.2) is 4.98 Å². The van der Waals surface area contributed by atoms with E-state index in [9.17, 15) is 4.39 Å². The summed E-state index contributed by atoms with van der Waals surface area (Å²) >= 11 is 5.51. The first kappa shape index (κ1) is 12.0. The van der Waals surface area contributed by atoms with E-state index in [2.05, 4.69) is 11.1 Å². The van der Waals surface area contributed by atoms with Crippen LogP contribution in [-0.4, -0.2) is 4.98 Å². The second-order valence-corrected chi connectivity index (χ2v) is 2.30. The Hall–Kier alpha value is -0.0361. The summed E-state index contributed by atoms with van der Waals surface area (Å²) in [6.07, 6.45) is 0. The molecule has 0 spiro atoms. The molecule has 0 N–H and O–H groups in total. The van der Waals surface area contributed by atoms with Gasteiger partial charge in [-0.05, 0) is 6.07 Å². The molecule has 1 aromatic heterocycles. The van der Waals surface area contributed by atoms with E-state index in [0.29, 0.717) is 0 Å². The van der Waals surface area contributed by atoms with Crippen molar-refractivity contribution in [3.8, 4) is 6.07 Å². The van der Waals surface area contributed by atoms with Crippen LogP contribution in [0.4, 0.5) is 4.39 Å². The molecule has 0 aliphatic rings. The standard InChI is InChI=1S/C7H3ClFN2.Y/c1-4-6(8)2-5(3-10)11-7(4)9;/h1H3;/q-1;. The van der Waals surface area contributed by atoms with Crippen LogP contribution in [-0.2, 0) is 32.7 Å². The molecule has 0 unspecified atom stereocenters. The van der Waals surface area contributed by atoms with Gasteiger partial charge in [-0.15, -0.1) is 17.7 Å². The zero-order valence-corrected chi connectivity index (χ0v) is 9.82. The van der Waals surface area contributed by atoms with E-state index in [0.717, 1.165) is 0 Å². The molecule has 12 heavy (non-hydrogen) atoms. The summed E-state index contributed by atoms with van der Waals surface area (Å²) < 4.78 is 12.7. The molecule has 1 heterocycles. The summed E-state index contributed by atoms with van der Waals surface area (Å²) in [5, 5.41) is 8.41. The number of pyridine rings is 1. The summed E-state index contributed by atoms with van der Waals surface area (Å²) in [7, 11) is 0. The number of rotatable bonds is 0. The summed E-state index contributed by atoms with van der Waals surface area (Å²) in [5.41, 5.74) is 0.0868. The molecule has 0 fully saturated rings. The number of hydrogen-bond donors (Lipinski definition) is 0. The van der Waals surface area contributed by atoms with Gasteiger partial charge in [-0.3, -0.25) is 5.26 Å². The molecule has 0 aromatic carbocycles. The van der Waals surface area contributed by atoms with Crippen LogP contribution in [0.5, 0.6) is 0 Å². The van der Waals surface area contributed by atoms with Crippen molar-refractivity contribution in [3.63, 3.8) is 0 Å². The average molecular weight is 258 g/mol. The van der Waals surface area contributed by atoms with Gasteiger partial charge >= 0.3 is 0 Å². The number of hydrogen-bond acceptors (Lipinski definition) is 2. The third kappa shape index (κ3) is 2.48. The van der Waals surface area contributed by atoms with Crippen LogP contribution in [0.1, 0.15) is 11.3 Å². The smallest absolute Gasteiger partial charge is 0.161 e. The fourth-order valence-corrected chi connectivity index (χ4v) is 0.719. The Labute approximate surface area is 99.6 Å². The minimum Gasteiger partial charge on any atom is -0.282 e. The van der Waals surface area contributed by atoms with E-state index < -0.39 is 5.95 Å². The van der Waals surface area contributed by atoms with Gasteiger partial charge in [0.05, 0.1) is 0 Å². The Morgan fingerprint density at radius 3 is 2.67 bits per heavy atom. The van der Waals surface area contributed by atoms with Crippen LogP contribution in [0.15, 0.2) is 0 Å². The molecule has 0 saturated heterocycles. The third-order valence-corrected chi connectivity index (χ3v) is 1.56. The molecule has 0 amide bonds. The zero-order valence-electron chi connectivity index (χ0n) is 6.23. The number of nitrogens with zero attached hydrogens (tertiary/aromatic N) is 2. The first-order chi connectivity index (χ1) is 5.15. The molecule has 0 atom stereocenters. The first-order valence-electron chi connectivity index (χ1n) is 2.80. The maximum Gasteiger partial charge on any atom is 0.161 e. The monoisotopic (exact) mass is 258 g/mol. The van der Waals surface area contributed by atoms with Gasteiger partial charge in [0.15, 0.2) is 5.95 Å². The van der Waals surface area contributed by atoms with Gasteiger partial charge < -0.3 is 0 Å². The molecule has 0 aliphatic carbocycles. The molecule has 1 aromatic rings. The molecule has 0 aliphatic heterocycles. The van der Waals surface area contributed by atoms with Crippen molar-refractivity contribution in [2.45, 2.75) is 6.92 Å². The molecule has 0 bridgehead atoms. The van der Waals surface area contributed by atoms with Gasteiger partial charge in [-0.1, -0.05) is 17.5 Å². The second-order valence-electron chi connectivity index (χ2n) is 1.93. The van der Waals surface area contributed by atoms with Crippen molar-refractivity contribution in [1.82, 2.24) is 4.98 Å². The number of halogens is 2. The Morgan fingerprint density at radius 2 is 2.25 bits per heavy atom. The molecular formula is C7H3ClFN2Y-. The molecular weight excluding hydrogens is 255 g/mol. The van der Waals surface area contributed by atoms with Gasteiger partial charge in [0.2, 0.25) is 0 Å². The van der Waals surface area contributed by atoms with Gasteiger partial charge in [-0.2, -0.15) is 4.39 Å². The van der Waals surface area contributed by atoms with E-state index >= 15 is 0 Å². The fourth-order valence-electron chi connectivity index (χ4n) is 0.551. The maximum atomic E-state index is 12.7. The van der Waals surface area contributed by atoms with Gasteiger partial charge in [0, 0.05) is 38.4 Å². The van der Waals surface area contributed by atoms with Crippen LogP contribution < -0.4 is 0 Å². The fraction of sp³-hybridized carbons (Fsp3) is 0.143. The Kier molecular flexibility index (Phi) is 4.85. The topological polar surface area (TPSA) is 36.7 Å².